The van der Waals surface area contributed by atoms with Crippen LogP contribution in [0.5, 0.6) is 0 Å². The molecule has 3 amide bonds. The second kappa shape index (κ2) is 13.8. The van der Waals surface area contributed by atoms with E-state index in [1.165, 1.54) is 19.3 Å². The van der Waals surface area contributed by atoms with Crippen LogP contribution >= 0.6 is 11.3 Å². The van der Waals surface area contributed by atoms with E-state index in [2.05, 4.69) is 27.9 Å². The maximum Gasteiger partial charge on any atom is 0.341 e. The number of amides is 3. The lowest BCUT2D eigenvalue weighted by atomic mass is 10.1. The Hall–Kier alpha value is -2.94. The molecule has 8 nitrogen and oxygen atoms in total. The third-order valence-corrected chi connectivity index (χ3v) is 6.36. The normalized spacial score (nSPS) is 11.1. The maximum absolute atomic E-state index is 13.0. The van der Waals surface area contributed by atoms with E-state index in [1.807, 2.05) is 12.1 Å². The second-order valence-corrected chi connectivity index (χ2v) is 10.4. The lowest BCUT2D eigenvalue weighted by Crippen LogP contribution is -2.30. The fraction of sp³-hybridized carbons (Fsp3) is 0.538. The first kappa shape index (κ1) is 28.3. The van der Waals surface area contributed by atoms with Crippen molar-refractivity contribution in [3.8, 4) is 0 Å². The minimum atomic E-state index is -0.718. The first-order valence-electron chi connectivity index (χ1n) is 12.2. The summed E-state index contributed by atoms with van der Waals surface area (Å²) < 4.78 is 5.55. The zero-order valence-electron chi connectivity index (χ0n) is 21.5. The highest BCUT2D eigenvalue weighted by molar-refractivity contribution is 7.18. The van der Waals surface area contributed by atoms with Crippen LogP contribution in [0.15, 0.2) is 24.4 Å². The Labute approximate surface area is 212 Å². The molecule has 0 aliphatic carbocycles. The summed E-state index contributed by atoms with van der Waals surface area (Å²) in [5.41, 5.74) is 0.663. The van der Waals surface area contributed by atoms with E-state index >= 15 is 0 Å². The minimum Gasteiger partial charge on any atom is -0.456 e. The molecule has 2 aromatic heterocycles. The topological polar surface area (TPSA) is 109 Å². The molecule has 35 heavy (non-hydrogen) atoms. The number of pyridine rings is 1. The second-order valence-electron chi connectivity index (χ2n) is 9.41. The Bertz CT molecular complexity index is 983. The number of hydrogen-bond donors (Lipinski definition) is 3. The standard InChI is InChI=1S/C26H38N4O4S/c1-6-7-8-9-10-12-16-28-25(33)30-23-20(24(32)34-26(3,4)5)18(2)21(35-23)22(31)29-17-19-14-11-13-15-27-19/h11,13-15H,6-10,12,16-17H2,1-5H3,(H,29,31)(H2,28,30,33). The molecule has 0 bridgehead atoms. The van der Waals surface area contributed by atoms with Crippen LogP contribution in [0, 0.1) is 6.92 Å². The molecule has 9 heteroatoms. The third kappa shape index (κ3) is 9.68. The van der Waals surface area contributed by atoms with E-state index in [-0.39, 0.29) is 18.0 Å². The van der Waals surface area contributed by atoms with E-state index in [9.17, 15) is 14.4 Å². The summed E-state index contributed by atoms with van der Waals surface area (Å²) in [6.07, 6.45) is 8.40. The van der Waals surface area contributed by atoms with E-state index in [1.54, 1.807) is 40.0 Å². The van der Waals surface area contributed by atoms with Gasteiger partial charge in [0.05, 0.1) is 22.7 Å². The molecule has 3 N–H and O–H groups in total. The van der Waals surface area contributed by atoms with Gasteiger partial charge in [-0.15, -0.1) is 11.3 Å². The molecule has 0 unspecified atom stereocenters. The van der Waals surface area contributed by atoms with Crippen molar-refractivity contribution in [3.63, 3.8) is 0 Å². The van der Waals surface area contributed by atoms with E-state index < -0.39 is 17.6 Å². The minimum absolute atomic E-state index is 0.197. The SMILES string of the molecule is CCCCCCCCNC(=O)Nc1sc(C(=O)NCc2ccccn2)c(C)c1C(=O)OC(C)(C)C. The van der Waals surface area contributed by atoms with Crippen LogP contribution in [-0.4, -0.2) is 35.0 Å². The van der Waals surface area contributed by atoms with Crippen molar-refractivity contribution < 1.29 is 19.1 Å². The van der Waals surface area contributed by atoms with Gasteiger partial charge < -0.3 is 15.4 Å². The smallest absolute Gasteiger partial charge is 0.341 e. The molecule has 0 aromatic carbocycles. The molecule has 0 spiro atoms. The van der Waals surface area contributed by atoms with Gasteiger partial charge in [0.15, 0.2) is 0 Å². The maximum atomic E-state index is 13.0. The number of ether oxygens (including phenoxy) is 1. The summed E-state index contributed by atoms with van der Waals surface area (Å²) in [5.74, 6) is -0.926. The summed E-state index contributed by atoms with van der Waals surface area (Å²) in [6.45, 7) is 9.97. The Balaban J connectivity index is 2.10. The first-order chi connectivity index (χ1) is 16.6. The number of aromatic nitrogens is 1. The Morgan fingerprint density at radius 3 is 2.40 bits per heavy atom. The number of carbonyl (C=O) groups excluding carboxylic acids is 3. The van der Waals surface area contributed by atoms with Gasteiger partial charge in [-0.05, 0) is 51.8 Å². The first-order valence-corrected chi connectivity index (χ1v) is 13.0. The Morgan fingerprint density at radius 1 is 1.03 bits per heavy atom. The molecule has 2 aromatic rings. The molecule has 2 rings (SSSR count). The number of carbonyl (C=O) groups is 3. The predicted molar refractivity (Wildman–Crippen MR) is 140 cm³/mol. The van der Waals surface area contributed by atoms with Crippen LogP contribution in [0.1, 0.15) is 97.5 Å². The summed E-state index contributed by atoms with van der Waals surface area (Å²) in [7, 11) is 0. The van der Waals surface area contributed by atoms with Crippen LogP contribution in [0.3, 0.4) is 0 Å². The van der Waals surface area contributed by atoms with Gasteiger partial charge in [0.1, 0.15) is 10.6 Å². The van der Waals surface area contributed by atoms with Gasteiger partial charge in [0, 0.05) is 12.7 Å². The van der Waals surface area contributed by atoms with Crippen LogP contribution in [-0.2, 0) is 11.3 Å². The monoisotopic (exact) mass is 502 g/mol. The number of thiophene rings is 1. The number of esters is 1. The molecule has 0 radical (unpaired) electrons. The van der Waals surface area contributed by atoms with Gasteiger partial charge >= 0.3 is 12.0 Å². The lowest BCUT2D eigenvalue weighted by Gasteiger charge is -2.20. The van der Waals surface area contributed by atoms with Crippen LogP contribution in [0.4, 0.5) is 9.80 Å². The van der Waals surface area contributed by atoms with Crippen LogP contribution < -0.4 is 16.0 Å². The van der Waals surface area contributed by atoms with E-state index in [4.69, 9.17) is 4.74 Å². The molecule has 2 heterocycles. The number of rotatable bonds is 12. The number of nitrogens with one attached hydrogen (secondary N) is 3. The van der Waals surface area contributed by atoms with E-state index in [0.29, 0.717) is 22.0 Å². The van der Waals surface area contributed by atoms with Crippen molar-refractivity contribution in [1.29, 1.82) is 0 Å². The molecule has 0 aliphatic rings. The highest BCUT2D eigenvalue weighted by atomic mass is 32.1. The van der Waals surface area contributed by atoms with Gasteiger partial charge in [-0.2, -0.15) is 0 Å². The fourth-order valence-electron chi connectivity index (χ4n) is 3.40. The number of hydrogen-bond acceptors (Lipinski definition) is 6. The largest absolute Gasteiger partial charge is 0.456 e. The predicted octanol–water partition coefficient (Wildman–Crippen LogP) is 5.82. The quantitative estimate of drug-likeness (QED) is 0.250. The molecular weight excluding hydrogens is 464 g/mol. The lowest BCUT2D eigenvalue weighted by molar-refractivity contribution is 0.00705. The third-order valence-electron chi connectivity index (χ3n) is 5.16. The summed E-state index contributed by atoms with van der Waals surface area (Å²) in [5, 5.41) is 8.71. The molecule has 0 atom stereocenters. The summed E-state index contributed by atoms with van der Waals surface area (Å²) >= 11 is 1.06. The van der Waals surface area contributed by atoms with Crippen molar-refractivity contribution in [2.45, 2.75) is 85.3 Å². The van der Waals surface area contributed by atoms with Crippen molar-refractivity contribution in [2.75, 3.05) is 11.9 Å². The van der Waals surface area contributed by atoms with Crippen molar-refractivity contribution in [2.24, 2.45) is 0 Å². The van der Waals surface area contributed by atoms with Crippen LogP contribution in [0.2, 0.25) is 0 Å². The number of unbranched alkanes of at least 4 members (excludes halogenated alkanes) is 5. The fourth-order valence-corrected chi connectivity index (χ4v) is 4.51. The number of urea groups is 1. The van der Waals surface area contributed by atoms with Crippen LogP contribution in [0.25, 0.3) is 0 Å². The zero-order chi connectivity index (χ0) is 25.8. The molecule has 0 saturated heterocycles. The average molecular weight is 503 g/mol. The molecule has 0 fully saturated rings. The molecule has 192 valence electrons. The van der Waals surface area contributed by atoms with Gasteiger partial charge in [0.2, 0.25) is 0 Å². The highest BCUT2D eigenvalue weighted by Gasteiger charge is 2.29. The summed E-state index contributed by atoms with van der Waals surface area (Å²) in [4.78, 5) is 42.9. The molecule has 0 saturated carbocycles. The van der Waals surface area contributed by atoms with Gasteiger partial charge in [-0.3, -0.25) is 15.1 Å². The van der Waals surface area contributed by atoms with Crippen molar-refractivity contribution >= 4 is 34.2 Å². The Kier molecular flexibility index (Phi) is 11.2. The van der Waals surface area contributed by atoms with Gasteiger partial charge in [0.25, 0.3) is 5.91 Å². The number of nitrogens with zero attached hydrogens (tertiary/aromatic N) is 1. The van der Waals surface area contributed by atoms with Crippen molar-refractivity contribution in [1.82, 2.24) is 15.6 Å². The van der Waals surface area contributed by atoms with Gasteiger partial charge in [-0.25, -0.2) is 9.59 Å². The number of anilines is 1. The molecular formula is C26H38N4O4S. The summed E-state index contributed by atoms with van der Waals surface area (Å²) in [6, 6.07) is 5.05. The molecule has 0 aliphatic heterocycles. The van der Waals surface area contributed by atoms with E-state index in [0.717, 1.165) is 36.3 Å². The van der Waals surface area contributed by atoms with Gasteiger partial charge in [-0.1, -0.05) is 45.1 Å². The highest BCUT2D eigenvalue weighted by Crippen LogP contribution is 2.34. The zero-order valence-corrected chi connectivity index (χ0v) is 22.3. The average Bonchev–Trinajstić information content (AvgIpc) is 3.12. The Morgan fingerprint density at radius 2 is 1.74 bits per heavy atom. The van der Waals surface area contributed by atoms with Crippen molar-refractivity contribution in [3.05, 3.63) is 46.1 Å².